The quantitative estimate of drug-likeness (QED) is 0.759. The zero-order valence-corrected chi connectivity index (χ0v) is 8.72. The predicted octanol–water partition coefficient (Wildman–Crippen LogP) is 2.24. The Balaban J connectivity index is 2.38. The lowest BCUT2D eigenvalue weighted by Gasteiger charge is -2.03. The molecule has 0 radical (unpaired) electrons. The van der Waals surface area contributed by atoms with E-state index in [1.165, 1.54) is 22.0 Å². The molecule has 0 unspecified atom stereocenters. The average molecular weight is 188 g/mol. The summed E-state index contributed by atoms with van der Waals surface area (Å²) in [5, 5.41) is 4.49. The van der Waals surface area contributed by atoms with Crippen LogP contribution in [0.5, 0.6) is 0 Å². The molecule has 2 heteroatoms. The summed E-state index contributed by atoms with van der Waals surface area (Å²) in [5.41, 5.74) is 4.00. The van der Waals surface area contributed by atoms with Crippen LogP contribution in [0.3, 0.4) is 0 Å². The standard InChI is InChI=1S/C12H16N2/c1-9-7-10(3-5-13-2)8-11-4-6-14-12(9)11/h4,6-8,13-14H,3,5H2,1-2H3. The molecule has 2 rings (SSSR count). The number of H-pyrrole nitrogens is 1. The predicted molar refractivity (Wildman–Crippen MR) is 60.7 cm³/mol. The van der Waals surface area contributed by atoms with Crippen molar-refractivity contribution in [2.45, 2.75) is 13.3 Å². The Morgan fingerprint density at radius 3 is 3.00 bits per heavy atom. The minimum absolute atomic E-state index is 1.04. The van der Waals surface area contributed by atoms with E-state index >= 15 is 0 Å². The molecule has 0 fully saturated rings. The number of aromatic amines is 1. The van der Waals surface area contributed by atoms with Gasteiger partial charge in [-0.05, 0) is 55.6 Å². The van der Waals surface area contributed by atoms with Crippen LogP contribution < -0.4 is 5.32 Å². The topological polar surface area (TPSA) is 27.8 Å². The smallest absolute Gasteiger partial charge is 0.0483 e. The Morgan fingerprint density at radius 2 is 2.21 bits per heavy atom. The van der Waals surface area contributed by atoms with Crippen molar-refractivity contribution in [3.8, 4) is 0 Å². The molecule has 0 saturated heterocycles. The summed E-state index contributed by atoms with van der Waals surface area (Å²) >= 11 is 0. The highest BCUT2D eigenvalue weighted by Crippen LogP contribution is 2.19. The molecule has 0 amide bonds. The third-order valence-electron chi connectivity index (χ3n) is 2.58. The normalized spacial score (nSPS) is 11.0. The molecule has 0 aliphatic heterocycles. The van der Waals surface area contributed by atoms with Gasteiger partial charge in [-0.1, -0.05) is 6.07 Å². The second kappa shape index (κ2) is 3.84. The number of aromatic nitrogens is 1. The molecule has 0 saturated carbocycles. The molecule has 1 heterocycles. The fraction of sp³-hybridized carbons (Fsp3) is 0.333. The minimum Gasteiger partial charge on any atom is -0.361 e. The van der Waals surface area contributed by atoms with E-state index in [0.29, 0.717) is 0 Å². The molecule has 1 aromatic heterocycles. The zero-order chi connectivity index (χ0) is 9.97. The van der Waals surface area contributed by atoms with Crippen molar-refractivity contribution in [1.29, 1.82) is 0 Å². The van der Waals surface area contributed by atoms with Crippen LogP contribution in [-0.2, 0) is 6.42 Å². The summed E-state index contributed by atoms with van der Waals surface area (Å²) in [6, 6.07) is 6.65. The third kappa shape index (κ3) is 1.66. The van der Waals surface area contributed by atoms with Gasteiger partial charge in [-0.15, -0.1) is 0 Å². The highest BCUT2D eigenvalue weighted by Gasteiger charge is 2.00. The zero-order valence-electron chi connectivity index (χ0n) is 8.72. The summed E-state index contributed by atoms with van der Waals surface area (Å²) < 4.78 is 0. The average Bonchev–Trinajstić information content (AvgIpc) is 2.63. The lowest BCUT2D eigenvalue weighted by molar-refractivity contribution is 0.792. The van der Waals surface area contributed by atoms with E-state index in [1.54, 1.807) is 0 Å². The SMILES string of the molecule is CNCCc1cc(C)c2[nH]ccc2c1. The van der Waals surface area contributed by atoms with E-state index in [2.05, 4.69) is 35.4 Å². The van der Waals surface area contributed by atoms with Crippen LogP contribution in [0.15, 0.2) is 24.4 Å². The highest BCUT2D eigenvalue weighted by molar-refractivity contribution is 5.83. The van der Waals surface area contributed by atoms with Crippen LogP contribution in [-0.4, -0.2) is 18.6 Å². The van der Waals surface area contributed by atoms with Gasteiger partial charge in [-0.2, -0.15) is 0 Å². The van der Waals surface area contributed by atoms with E-state index in [1.807, 2.05) is 13.2 Å². The van der Waals surface area contributed by atoms with Gasteiger partial charge in [0.2, 0.25) is 0 Å². The second-order valence-electron chi connectivity index (χ2n) is 3.71. The van der Waals surface area contributed by atoms with Crippen molar-refractivity contribution in [3.05, 3.63) is 35.5 Å². The Morgan fingerprint density at radius 1 is 1.36 bits per heavy atom. The molecule has 2 nitrogen and oxygen atoms in total. The molecule has 1 aromatic carbocycles. The van der Waals surface area contributed by atoms with Gasteiger partial charge in [0.05, 0.1) is 0 Å². The largest absolute Gasteiger partial charge is 0.361 e. The van der Waals surface area contributed by atoms with Crippen LogP contribution >= 0.6 is 0 Å². The lowest BCUT2D eigenvalue weighted by atomic mass is 10.1. The Kier molecular flexibility index (Phi) is 2.55. The molecule has 0 atom stereocenters. The Bertz CT molecular complexity index is 429. The number of likely N-dealkylation sites (N-methyl/N-ethyl adjacent to an activating group) is 1. The van der Waals surface area contributed by atoms with Crippen LogP contribution in [0.1, 0.15) is 11.1 Å². The van der Waals surface area contributed by atoms with Crippen LogP contribution in [0.4, 0.5) is 0 Å². The Labute approximate surface area is 84.3 Å². The van der Waals surface area contributed by atoms with E-state index < -0.39 is 0 Å². The first-order chi connectivity index (χ1) is 6.81. The van der Waals surface area contributed by atoms with Crippen LogP contribution in [0, 0.1) is 6.92 Å². The van der Waals surface area contributed by atoms with Crippen molar-refractivity contribution in [3.63, 3.8) is 0 Å². The molecule has 0 bridgehead atoms. The number of fused-ring (bicyclic) bond motifs is 1. The van der Waals surface area contributed by atoms with Gasteiger partial charge in [0.1, 0.15) is 0 Å². The molecule has 0 aliphatic rings. The third-order valence-corrected chi connectivity index (χ3v) is 2.58. The van der Waals surface area contributed by atoms with Gasteiger partial charge >= 0.3 is 0 Å². The van der Waals surface area contributed by atoms with E-state index in [9.17, 15) is 0 Å². The van der Waals surface area contributed by atoms with Crippen molar-refractivity contribution < 1.29 is 0 Å². The van der Waals surface area contributed by atoms with Crippen molar-refractivity contribution in [2.24, 2.45) is 0 Å². The molecule has 0 aliphatic carbocycles. The first-order valence-electron chi connectivity index (χ1n) is 5.02. The van der Waals surface area contributed by atoms with E-state index in [4.69, 9.17) is 0 Å². The Hall–Kier alpha value is -1.28. The van der Waals surface area contributed by atoms with Gasteiger partial charge in [-0.3, -0.25) is 0 Å². The molecule has 0 spiro atoms. The molecular weight excluding hydrogens is 172 g/mol. The summed E-state index contributed by atoms with van der Waals surface area (Å²) in [6.07, 6.45) is 3.10. The van der Waals surface area contributed by atoms with Gasteiger partial charge in [0.15, 0.2) is 0 Å². The maximum absolute atomic E-state index is 3.26. The van der Waals surface area contributed by atoms with E-state index in [-0.39, 0.29) is 0 Å². The number of hydrogen-bond donors (Lipinski definition) is 2. The molecule has 2 aromatic rings. The monoisotopic (exact) mass is 188 g/mol. The fourth-order valence-corrected chi connectivity index (χ4v) is 1.85. The minimum atomic E-state index is 1.04. The van der Waals surface area contributed by atoms with Crippen molar-refractivity contribution in [2.75, 3.05) is 13.6 Å². The number of benzene rings is 1. The van der Waals surface area contributed by atoms with E-state index in [0.717, 1.165) is 13.0 Å². The second-order valence-corrected chi connectivity index (χ2v) is 3.71. The van der Waals surface area contributed by atoms with Crippen molar-refractivity contribution in [1.82, 2.24) is 10.3 Å². The maximum atomic E-state index is 3.26. The first kappa shape index (κ1) is 9.28. The molecular formula is C12H16N2. The summed E-state index contributed by atoms with van der Waals surface area (Å²) in [4.78, 5) is 3.26. The summed E-state index contributed by atoms with van der Waals surface area (Å²) in [5.74, 6) is 0. The first-order valence-corrected chi connectivity index (χ1v) is 5.02. The molecule has 14 heavy (non-hydrogen) atoms. The maximum Gasteiger partial charge on any atom is 0.0483 e. The summed E-state index contributed by atoms with van der Waals surface area (Å²) in [6.45, 7) is 3.19. The fourth-order valence-electron chi connectivity index (χ4n) is 1.85. The molecule has 74 valence electrons. The number of nitrogens with one attached hydrogen (secondary N) is 2. The van der Waals surface area contributed by atoms with Gasteiger partial charge in [0, 0.05) is 11.7 Å². The van der Waals surface area contributed by atoms with Gasteiger partial charge < -0.3 is 10.3 Å². The van der Waals surface area contributed by atoms with Gasteiger partial charge in [0.25, 0.3) is 0 Å². The number of rotatable bonds is 3. The lowest BCUT2D eigenvalue weighted by Crippen LogP contribution is -2.10. The number of hydrogen-bond acceptors (Lipinski definition) is 1. The van der Waals surface area contributed by atoms with Crippen molar-refractivity contribution >= 4 is 10.9 Å². The number of aryl methyl sites for hydroxylation is 1. The summed E-state index contributed by atoms with van der Waals surface area (Å²) in [7, 11) is 1.99. The van der Waals surface area contributed by atoms with Crippen LogP contribution in [0.25, 0.3) is 10.9 Å². The highest BCUT2D eigenvalue weighted by atomic mass is 14.8. The van der Waals surface area contributed by atoms with Crippen LogP contribution in [0.2, 0.25) is 0 Å². The molecule has 2 N–H and O–H groups in total. The van der Waals surface area contributed by atoms with Gasteiger partial charge in [-0.25, -0.2) is 0 Å².